The lowest BCUT2D eigenvalue weighted by molar-refractivity contribution is 0.0985. The van der Waals surface area contributed by atoms with Crippen LogP contribution in [0.4, 0.5) is 14.6 Å². The van der Waals surface area contributed by atoms with E-state index in [1.807, 2.05) is 22.6 Å². The Hall–Kier alpha value is -0.280. The van der Waals surface area contributed by atoms with Gasteiger partial charge in [0.1, 0.15) is 5.82 Å². The Morgan fingerprint density at radius 2 is 2.24 bits per heavy atom. The van der Waals surface area contributed by atoms with E-state index in [0.717, 1.165) is 0 Å². The number of anilines is 1. The summed E-state index contributed by atoms with van der Waals surface area (Å²) >= 11 is 7.58. The minimum absolute atomic E-state index is 0.00396. The standard InChI is InChI=1S/C9H11ClF2IN3O/c1-16(6(2-3-17)7(11)12)8-5(13)4-14-9(10)15-8/h4,6-7,17H,2-3H2,1H3. The zero-order valence-electron chi connectivity index (χ0n) is 8.95. The first-order valence-electron chi connectivity index (χ1n) is 4.77. The van der Waals surface area contributed by atoms with Gasteiger partial charge in [0.2, 0.25) is 5.28 Å². The van der Waals surface area contributed by atoms with E-state index in [1.165, 1.54) is 18.1 Å². The number of hydrogen-bond donors (Lipinski definition) is 1. The van der Waals surface area contributed by atoms with Crippen molar-refractivity contribution in [2.45, 2.75) is 18.9 Å². The Kier molecular flexibility index (Phi) is 5.74. The molecule has 0 saturated heterocycles. The Balaban J connectivity index is 2.99. The van der Waals surface area contributed by atoms with Crippen molar-refractivity contribution in [2.75, 3.05) is 18.6 Å². The van der Waals surface area contributed by atoms with Crippen LogP contribution in [0.25, 0.3) is 0 Å². The molecule has 0 bridgehead atoms. The van der Waals surface area contributed by atoms with Gasteiger partial charge >= 0.3 is 0 Å². The van der Waals surface area contributed by atoms with E-state index in [1.54, 1.807) is 0 Å². The van der Waals surface area contributed by atoms with E-state index >= 15 is 0 Å². The van der Waals surface area contributed by atoms with Gasteiger partial charge in [0.05, 0.1) is 9.61 Å². The van der Waals surface area contributed by atoms with E-state index in [0.29, 0.717) is 9.39 Å². The molecule has 0 spiro atoms. The molecule has 0 aliphatic carbocycles. The predicted molar refractivity (Wildman–Crippen MR) is 69.7 cm³/mol. The molecule has 1 unspecified atom stereocenters. The highest BCUT2D eigenvalue weighted by molar-refractivity contribution is 14.1. The van der Waals surface area contributed by atoms with Crippen molar-refractivity contribution < 1.29 is 13.9 Å². The van der Waals surface area contributed by atoms with Crippen LogP contribution in [-0.2, 0) is 0 Å². The molecule has 0 aliphatic heterocycles. The first kappa shape index (κ1) is 14.8. The van der Waals surface area contributed by atoms with Crippen molar-refractivity contribution in [1.29, 1.82) is 0 Å². The van der Waals surface area contributed by atoms with E-state index in [4.69, 9.17) is 16.7 Å². The molecular weight excluding hydrogens is 366 g/mol. The molecule has 1 atom stereocenters. The number of hydrogen-bond acceptors (Lipinski definition) is 4. The number of aliphatic hydroxyl groups is 1. The molecule has 0 saturated carbocycles. The van der Waals surface area contributed by atoms with Gasteiger partial charge in [-0.2, -0.15) is 4.98 Å². The molecule has 8 heteroatoms. The highest BCUT2D eigenvalue weighted by Gasteiger charge is 2.26. The van der Waals surface area contributed by atoms with Crippen molar-refractivity contribution in [3.63, 3.8) is 0 Å². The summed E-state index contributed by atoms with van der Waals surface area (Å²) in [5.41, 5.74) is 0. The fourth-order valence-electron chi connectivity index (χ4n) is 1.36. The molecule has 0 amide bonds. The molecule has 1 N–H and O–H groups in total. The third-order valence-electron chi connectivity index (χ3n) is 2.24. The summed E-state index contributed by atoms with van der Waals surface area (Å²) in [6.07, 6.45) is -1.15. The first-order valence-corrected chi connectivity index (χ1v) is 6.23. The van der Waals surface area contributed by atoms with Crippen LogP contribution in [0.5, 0.6) is 0 Å². The fraction of sp³-hybridized carbons (Fsp3) is 0.556. The van der Waals surface area contributed by atoms with Crippen molar-refractivity contribution in [2.24, 2.45) is 0 Å². The summed E-state index contributed by atoms with van der Waals surface area (Å²) in [4.78, 5) is 8.99. The summed E-state index contributed by atoms with van der Waals surface area (Å²) in [6, 6.07) is -1.10. The third-order valence-corrected chi connectivity index (χ3v) is 3.19. The molecule has 0 radical (unpaired) electrons. The molecule has 1 heterocycles. The maximum absolute atomic E-state index is 12.8. The SMILES string of the molecule is CN(c1nc(Cl)ncc1I)C(CCO)C(F)F. The van der Waals surface area contributed by atoms with Crippen molar-refractivity contribution in [1.82, 2.24) is 9.97 Å². The molecule has 96 valence electrons. The van der Waals surface area contributed by atoms with Gasteiger partial charge in [-0.1, -0.05) is 0 Å². The van der Waals surface area contributed by atoms with Gasteiger partial charge < -0.3 is 10.0 Å². The van der Waals surface area contributed by atoms with Crippen LogP contribution in [0.15, 0.2) is 6.20 Å². The first-order chi connectivity index (χ1) is 7.97. The van der Waals surface area contributed by atoms with Crippen molar-refractivity contribution in [3.05, 3.63) is 15.1 Å². The predicted octanol–water partition coefficient (Wildman–Crippen LogP) is 2.19. The summed E-state index contributed by atoms with van der Waals surface area (Å²) in [7, 11) is 1.49. The number of nitrogens with zero attached hydrogens (tertiary/aromatic N) is 3. The molecule has 0 aliphatic rings. The average molecular weight is 378 g/mol. The maximum Gasteiger partial charge on any atom is 0.258 e. The quantitative estimate of drug-likeness (QED) is 0.631. The number of aromatic nitrogens is 2. The summed E-state index contributed by atoms with van der Waals surface area (Å²) in [5, 5.41) is 8.79. The van der Waals surface area contributed by atoms with Gasteiger partial charge in [0.25, 0.3) is 6.43 Å². The Morgan fingerprint density at radius 1 is 1.59 bits per heavy atom. The van der Waals surface area contributed by atoms with E-state index in [9.17, 15) is 8.78 Å². The highest BCUT2D eigenvalue weighted by atomic mass is 127. The van der Waals surface area contributed by atoms with Crippen LogP contribution in [0, 0.1) is 3.57 Å². The Labute approximate surface area is 116 Å². The second-order valence-corrected chi connectivity index (χ2v) is 4.84. The molecule has 1 rings (SSSR count). The Morgan fingerprint density at radius 3 is 2.76 bits per heavy atom. The van der Waals surface area contributed by atoms with E-state index < -0.39 is 12.5 Å². The number of alkyl halides is 2. The molecular formula is C9H11ClF2IN3O. The molecule has 0 aromatic carbocycles. The maximum atomic E-state index is 12.8. The van der Waals surface area contributed by atoms with Gasteiger partial charge in [-0.3, -0.25) is 0 Å². The second kappa shape index (κ2) is 6.60. The third kappa shape index (κ3) is 3.85. The smallest absolute Gasteiger partial charge is 0.258 e. The molecule has 1 aromatic heterocycles. The van der Waals surface area contributed by atoms with Crippen molar-refractivity contribution >= 4 is 40.0 Å². The second-order valence-electron chi connectivity index (χ2n) is 3.34. The number of rotatable bonds is 5. The van der Waals surface area contributed by atoms with Gasteiger partial charge in [0.15, 0.2) is 0 Å². The number of aliphatic hydroxyl groups excluding tert-OH is 1. The molecule has 1 aromatic rings. The summed E-state index contributed by atoms with van der Waals surface area (Å²) in [5.74, 6) is 0.337. The van der Waals surface area contributed by atoms with Crippen LogP contribution >= 0.6 is 34.2 Å². The topological polar surface area (TPSA) is 49.2 Å². The molecule has 4 nitrogen and oxygen atoms in total. The van der Waals surface area contributed by atoms with E-state index in [-0.39, 0.29) is 18.3 Å². The monoisotopic (exact) mass is 377 g/mol. The lowest BCUT2D eigenvalue weighted by atomic mass is 10.2. The lowest BCUT2D eigenvalue weighted by Crippen LogP contribution is -2.39. The van der Waals surface area contributed by atoms with Crippen LogP contribution in [0.1, 0.15) is 6.42 Å². The fourth-order valence-corrected chi connectivity index (χ4v) is 2.13. The zero-order chi connectivity index (χ0) is 13.0. The van der Waals surface area contributed by atoms with Crippen LogP contribution < -0.4 is 4.90 Å². The lowest BCUT2D eigenvalue weighted by Gasteiger charge is -2.28. The van der Waals surface area contributed by atoms with Gasteiger partial charge in [-0.05, 0) is 40.6 Å². The number of halogens is 4. The van der Waals surface area contributed by atoms with Gasteiger partial charge in [0, 0.05) is 19.9 Å². The van der Waals surface area contributed by atoms with Gasteiger partial charge in [-0.15, -0.1) is 0 Å². The van der Waals surface area contributed by atoms with Crippen LogP contribution in [0.2, 0.25) is 5.28 Å². The summed E-state index contributed by atoms with van der Waals surface area (Å²) in [6.45, 7) is -0.311. The molecule has 17 heavy (non-hydrogen) atoms. The largest absolute Gasteiger partial charge is 0.396 e. The molecule has 0 fully saturated rings. The highest BCUT2D eigenvalue weighted by Crippen LogP contribution is 2.24. The summed E-state index contributed by atoms with van der Waals surface area (Å²) < 4.78 is 26.3. The zero-order valence-corrected chi connectivity index (χ0v) is 11.9. The normalized spacial score (nSPS) is 12.9. The van der Waals surface area contributed by atoms with Crippen LogP contribution in [0.3, 0.4) is 0 Å². The van der Waals surface area contributed by atoms with E-state index in [2.05, 4.69) is 9.97 Å². The van der Waals surface area contributed by atoms with Crippen LogP contribution in [-0.4, -0.2) is 41.2 Å². The minimum atomic E-state index is -2.57. The van der Waals surface area contributed by atoms with Crippen molar-refractivity contribution in [3.8, 4) is 0 Å². The van der Waals surface area contributed by atoms with Gasteiger partial charge in [-0.25, -0.2) is 13.8 Å². The average Bonchev–Trinajstić information content (AvgIpc) is 2.28. The Bertz CT molecular complexity index is 383. The minimum Gasteiger partial charge on any atom is -0.396 e.